The highest BCUT2D eigenvalue weighted by Crippen LogP contribution is 2.24. The molecule has 1 saturated heterocycles. The fraction of sp³-hybridized carbons (Fsp3) is 0.481. The molecule has 1 aliphatic heterocycles. The summed E-state index contributed by atoms with van der Waals surface area (Å²) in [6.45, 7) is 7.64. The van der Waals surface area contributed by atoms with E-state index in [1.807, 2.05) is 60.7 Å². The zero-order valence-corrected chi connectivity index (χ0v) is 20.3. The molecule has 2 aromatic rings. The molecule has 1 heterocycles. The van der Waals surface area contributed by atoms with Gasteiger partial charge >= 0.3 is 11.9 Å². The van der Waals surface area contributed by atoms with Crippen molar-refractivity contribution in [2.75, 3.05) is 13.2 Å². The molecule has 7 nitrogen and oxygen atoms in total. The lowest BCUT2D eigenvalue weighted by molar-refractivity contribution is -0.171. The van der Waals surface area contributed by atoms with Gasteiger partial charge in [-0.2, -0.15) is 0 Å². The molecule has 0 saturated carbocycles. The first-order valence-electron chi connectivity index (χ1n) is 11.6. The van der Waals surface area contributed by atoms with Crippen molar-refractivity contribution in [3.8, 4) is 11.5 Å². The number of rotatable bonds is 6. The molecule has 0 aliphatic carbocycles. The van der Waals surface area contributed by atoms with Crippen molar-refractivity contribution in [1.29, 1.82) is 0 Å². The van der Waals surface area contributed by atoms with Gasteiger partial charge < -0.3 is 23.7 Å². The predicted molar refractivity (Wildman–Crippen MR) is 127 cm³/mol. The number of cyclic esters (lactones) is 1. The van der Waals surface area contributed by atoms with Crippen LogP contribution in [0.25, 0.3) is 0 Å². The first kappa shape index (κ1) is 25.6. The Morgan fingerprint density at radius 2 is 1.56 bits per heavy atom. The van der Waals surface area contributed by atoms with E-state index in [2.05, 4.69) is 0 Å². The van der Waals surface area contributed by atoms with Gasteiger partial charge in [-0.05, 0) is 58.4 Å². The Hall–Kier alpha value is -3.06. The molecule has 0 unspecified atom stereocenters. The molecule has 0 spiro atoms. The summed E-state index contributed by atoms with van der Waals surface area (Å²) in [6, 6.07) is 18.7. The average molecular weight is 471 g/mol. The van der Waals surface area contributed by atoms with Crippen LogP contribution in [0.15, 0.2) is 60.7 Å². The lowest BCUT2D eigenvalue weighted by Gasteiger charge is -2.34. The fourth-order valence-electron chi connectivity index (χ4n) is 3.66. The van der Waals surface area contributed by atoms with Gasteiger partial charge in [0, 0.05) is 6.61 Å². The van der Waals surface area contributed by atoms with Crippen LogP contribution in [0.5, 0.6) is 11.5 Å². The summed E-state index contributed by atoms with van der Waals surface area (Å²) in [6.07, 6.45) is -1.57. The lowest BCUT2D eigenvalue weighted by Crippen LogP contribution is -2.49. The Morgan fingerprint density at radius 1 is 0.971 bits per heavy atom. The van der Waals surface area contributed by atoms with Gasteiger partial charge in [0.1, 0.15) is 23.2 Å². The van der Waals surface area contributed by atoms with Gasteiger partial charge in [-0.15, -0.1) is 0 Å². The Balaban J connectivity index is 1.78. The molecular formula is C27H34O7. The molecule has 0 radical (unpaired) electrons. The van der Waals surface area contributed by atoms with Crippen molar-refractivity contribution >= 4 is 11.9 Å². The summed E-state index contributed by atoms with van der Waals surface area (Å²) in [5.41, 5.74) is -0.628. The number of esters is 2. The number of ether oxygens (including phenoxy) is 5. The normalized spacial score (nSPS) is 23.9. The maximum atomic E-state index is 13.0. The van der Waals surface area contributed by atoms with Crippen molar-refractivity contribution in [1.82, 2.24) is 0 Å². The Bertz CT molecular complexity index is 908. The van der Waals surface area contributed by atoms with Gasteiger partial charge in [-0.3, -0.25) is 9.59 Å². The number of hydrogen-bond donors (Lipinski definition) is 0. The van der Waals surface area contributed by atoms with Crippen molar-refractivity contribution in [2.24, 2.45) is 5.92 Å². The maximum absolute atomic E-state index is 13.0. The van der Waals surface area contributed by atoms with Gasteiger partial charge in [0.15, 0.2) is 12.2 Å². The Kier molecular flexibility index (Phi) is 8.93. The average Bonchev–Trinajstić information content (AvgIpc) is 2.78. The topological polar surface area (TPSA) is 80.3 Å². The van der Waals surface area contributed by atoms with Crippen LogP contribution in [-0.4, -0.2) is 49.1 Å². The highest BCUT2D eigenvalue weighted by atomic mass is 16.6. The Labute approximate surface area is 201 Å². The van der Waals surface area contributed by atoms with Gasteiger partial charge in [-0.25, -0.2) is 0 Å². The minimum Gasteiger partial charge on any atom is -0.484 e. The predicted octanol–water partition coefficient (Wildman–Crippen LogP) is 4.58. The second-order valence-electron chi connectivity index (χ2n) is 9.36. The first-order valence-corrected chi connectivity index (χ1v) is 11.6. The minimum absolute atomic E-state index is 0.0691. The summed E-state index contributed by atoms with van der Waals surface area (Å²) in [7, 11) is 0. The molecule has 34 heavy (non-hydrogen) atoms. The van der Waals surface area contributed by atoms with Crippen LogP contribution in [0.3, 0.4) is 0 Å². The third-order valence-electron chi connectivity index (χ3n) is 5.24. The second kappa shape index (κ2) is 11.9. The second-order valence-corrected chi connectivity index (χ2v) is 9.36. The number of para-hydroxylation sites is 2. The summed E-state index contributed by atoms with van der Waals surface area (Å²) < 4.78 is 29.6. The van der Waals surface area contributed by atoms with Crippen molar-refractivity contribution in [3.63, 3.8) is 0 Å². The van der Waals surface area contributed by atoms with E-state index in [1.165, 1.54) is 0 Å². The van der Waals surface area contributed by atoms with Crippen LogP contribution in [0.4, 0.5) is 0 Å². The number of benzene rings is 2. The molecular weight excluding hydrogens is 436 g/mol. The van der Waals surface area contributed by atoms with E-state index in [9.17, 15) is 9.59 Å². The van der Waals surface area contributed by atoms with E-state index in [-0.39, 0.29) is 19.6 Å². The lowest BCUT2D eigenvalue weighted by atomic mass is 10.0. The van der Waals surface area contributed by atoms with Crippen molar-refractivity contribution in [3.05, 3.63) is 60.7 Å². The molecule has 2 aromatic carbocycles. The van der Waals surface area contributed by atoms with E-state index in [4.69, 9.17) is 23.7 Å². The monoisotopic (exact) mass is 470 g/mol. The van der Waals surface area contributed by atoms with E-state index >= 15 is 0 Å². The summed E-state index contributed by atoms with van der Waals surface area (Å²) in [5.74, 6) is -0.303. The van der Waals surface area contributed by atoms with Gasteiger partial charge in [0.2, 0.25) is 0 Å². The molecule has 4 atom stereocenters. The smallest absolute Gasteiger partial charge is 0.310 e. The van der Waals surface area contributed by atoms with Crippen LogP contribution in [0, 0.1) is 5.92 Å². The minimum atomic E-state index is -0.665. The molecule has 1 fully saturated rings. The molecule has 184 valence electrons. The third kappa shape index (κ3) is 8.06. The van der Waals surface area contributed by atoms with Crippen LogP contribution < -0.4 is 9.47 Å². The zero-order valence-electron chi connectivity index (χ0n) is 20.3. The summed E-state index contributed by atoms with van der Waals surface area (Å²) >= 11 is 0. The molecule has 3 rings (SSSR count). The largest absolute Gasteiger partial charge is 0.484 e. The fourth-order valence-corrected chi connectivity index (χ4v) is 3.66. The van der Waals surface area contributed by atoms with E-state index in [0.717, 1.165) is 0 Å². The van der Waals surface area contributed by atoms with Crippen LogP contribution in [0.2, 0.25) is 0 Å². The SMILES string of the molecule is C[C@@H]1OC(=O)[C@@H](CC(=O)OC(C)(C)C)CCOC[C@H](Oc2ccccc2)[C@H]1Oc1ccccc1. The van der Waals surface area contributed by atoms with E-state index in [1.54, 1.807) is 27.7 Å². The van der Waals surface area contributed by atoms with Crippen LogP contribution >= 0.6 is 0 Å². The quantitative estimate of drug-likeness (QED) is 0.572. The van der Waals surface area contributed by atoms with Crippen molar-refractivity contribution in [2.45, 2.75) is 64.4 Å². The van der Waals surface area contributed by atoms with E-state index in [0.29, 0.717) is 17.9 Å². The van der Waals surface area contributed by atoms with Gasteiger partial charge in [0.25, 0.3) is 0 Å². The molecule has 7 heteroatoms. The molecule has 0 bridgehead atoms. The third-order valence-corrected chi connectivity index (χ3v) is 5.24. The highest BCUT2D eigenvalue weighted by Gasteiger charge is 2.37. The summed E-state index contributed by atoms with van der Waals surface area (Å²) in [4.78, 5) is 25.4. The van der Waals surface area contributed by atoms with Crippen LogP contribution in [0.1, 0.15) is 40.5 Å². The standard InChI is InChI=1S/C27H34O7/c1-19-25(33-22-13-9-6-10-14-22)23(32-21-11-7-5-8-12-21)18-30-16-15-20(26(29)31-19)17-24(28)34-27(2,3)4/h5-14,19-20,23,25H,15-18H2,1-4H3/t19-,20+,23-,25-/m0/s1. The number of hydrogen-bond acceptors (Lipinski definition) is 7. The molecule has 0 amide bonds. The molecule has 0 N–H and O–H groups in total. The first-order chi connectivity index (χ1) is 16.2. The van der Waals surface area contributed by atoms with E-state index < -0.39 is 41.8 Å². The highest BCUT2D eigenvalue weighted by molar-refractivity contribution is 5.80. The van der Waals surface area contributed by atoms with Gasteiger partial charge in [-0.1, -0.05) is 36.4 Å². The molecule has 0 aromatic heterocycles. The van der Waals surface area contributed by atoms with Crippen LogP contribution in [-0.2, 0) is 23.8 Å². The molecule has 1 aliphatic rings. The zero-order chi connectivity index (χ0) is 24.6. The Morgan fingerprint density at radius 3 is 2.15 bits per heavy atom. The number of carbonyl (C=O) groups is 2. The summed E-state index contributed by atoms with van der Waals surface area (Å²) in [5, 5.41) is 0. The van der Waals surface area contributed by atoms with Gasteiger partial charge in [0.05, 0.1) is 18.9 Å². The number of carbonyl (C=O) groups excluding carboxylic acids is 2. The van der Waals surface area contributed by atoms with Crippen molar-refractivity contribution < 1.29 is 33.3 Å². The maximum Gasteiger partial charge on any atom is 0.310 e.